The van der Waals surface area contributed by atoms with Gasteiger partial charge in [0.15, 0.2) is 5.13 Å². The van der Waals surface area contributed by atoms with Gasteiger partial charge in [-0.3, -0.25) is 0 Å². The summed E-state index contributed by atoms with van der Waals surface area (Å²) in [5.41, 5.74) is 3.78. The van der Waals surface area contributed by atoms with Gasteiger partial charge in [-0.2, -0.15) is 0 Å². The Morgan fingerprint density at radius 3 is 2.96 bits per heavy atom. The summed E-state index contributed by atoms with van der Waals surface area (Å²) in [6.07, 6.45) is 6.51. The van der Waals surface area contributed by atoms with E-state index in [9.17, 15) is 0 Å². The van der Waals surface area contributed by atoms with E-state index < -0.39 is 0 Å². The number of hydrogen-bond acceptors (Lipinski definition) is 5. The highest BCUT2D eigenvalue weighted by molar-refractivity contribution is 7.13. The Bertz CT molecular complexity index is 859. The number of anilines is 2. The molecule has 0 saturated carbocycles. The Hall–Kier alpha value is -2.40. The zero-order valence-corrected chi connectivity index (χ0v) is 14.4. The summed E-state index contributed by atoms with van der Waals surface area (Å²) in [6, 6.07) is 10.2. The van der Waals surface area contributed by atoms with Crippen LogP contribution in [0.2, 0.25) is 0 Å². The number of nitrogens with one attached hydrogen (secondary N) is 1. The third kappa shape index (κ3) is 3.26. The van der Waals surface area contributed by atoms with E-state index in [-0.39, 0.29) is 0 Å². The number of aryl methyl sites for hydroxylation is 2. The number of rotatable bonds is 4. The molecule has 0 spiro atoms. The van der Waals surface area contributed by atoms with Crippen molar-refractivity contribution in [3.63, 3.8) is 0 Å². The Balaban J connectivity index is 1.56. The number of ether oxygens (including phenoxy) is 1. The molecule has 2 aromatic heterocycles. The van der Waals surface area contributed by atoms with E-state index in [4.69, 9.17) is 4.74 Å². The fourth-order valence-corrected chi connectivity index (χ4v) is 3.73. The maximum Gasteiger partial charge on any atom is 0.188 e. The van der Waals surface area contributed by atoms with Crippen LogP contribution in [0.5, 0.6) is 11.5 Å². The monoisotopic (exact) mass is 337 g/mol. The minimum atomic E-state index is 0.742. The van der Waals surface area contributed by atoms with Gasteiger partial charge in [0, 0.05) is 17.6 Å². The first-order valence-corrected chi connectivity index (χ1v) is 9.10. The fraction of sp³-hybridized carbons (Fsp3) is 0.263. The Morgan fingerprint density at radius 1 is 1.17 bits per heavy atom. The van der Waals surface area contributed by atoms with E-state index in [2.05, 4.69) is 33.5 Å². The molecule has 5 heteroatoms. The molecule has 1 aliphatic carbocycles. The van der Waals surface area contributed by atoms with Gasteiger partial charge in [0.2, 0.25) is 0 Å². The molecule has 0 fully saturated rings. The van der Waals surface area contributed by atoms with Crippen molar-refractivity contribution in [2.24, 2.45) is 0 Å². The molecule has 1 aromatic carbocycles. The SMILES string of the molecule is Cc1csc(Nc2cc(Oc3cccc4c3CCCC4)ccn2)n1. The quantitative estimate of drug-likeness (QED) is 0.705. The molecule has 4 rings (SSSR count). The third-order valence-corrected chi connectivity index (χ3v) is 5.04. The van der Waals surface area contributed by atoms with Gasteiger partial charge < -0.3 is 10.1 Å². The smallest absolute Gasteiger partial charge is 0.188 e. The van der Waals surface area contributed by atoms with E-state index in [1.807, 2.05) is 24.4 Å². The highest BCUT2D eigenvalue weighted by atomic mass is 32.1. The second-order valence-corrected chi connectivity index (χ2v) is 6.86. The average molecular weight is 337 g/mol. The molecule has 2 heterocycles. The normalized spacial score (nSPS) is 13.4. The van der Waals surface area contributed by atoms with Crippen LogP contribution in [-0.4, -0.2) is 9.97 Å². The molecule has 3 aromatic rings. The molecule has 0 amide bonds. The van der Waals surface area contributed by atoms with Crippen LogP contribution in [0.15, 0.2) is 41.9 Å². The van der Waals surface area contributed by atoms with Crippen LogP contribution in [0.25, 0.3) is 0 Å². The minimum absolute atomic E-state index is 0.742. The van der Waals surface area contributed by atoms with Crippen molar-refractivity contribution < 1.29 is 4.74 Å². The van der Waals surface area contributed by atoms with E-state index in [1.165, 1.54) is 24.0 Å². The van der Waals surface area contributed by atoms with Gasteiger partial charge in [-0.1, -0.05) is 12.1 Å². The van der Waals surface area contributed by atoms with Crippen molar-refractivity contribution >= 4 is 22.3 Å². The predicted octanol–water partition coefficient (Wildman–Crippen LogP) is 5.26. The van der Waals surface area contributed by atoms with Crippen LogP contribution in [0, 0.1) is 6.92 Å². The maximum absolute atomic E-state index is 6.16. The summed E-state index contributed by atoms with van der Waals surface area (Å²) in [5, 5.41) is 6.08. The second-order valence-electron chi connectivity index (χ2n) is 6.00. The summed E-state index contributed by atoms with van der Waals surface area (Å²) in [6.45, 7) is 1.98. The van der Waals surface area contributed by atoms with Crippen LogP contribution in [0.4, 0.5) is 10.9 Å². The molecule has 0 bridgehead atoms. The van der Waals surface area contributed by atoms with Crippen LogP contribution in [-0.2, 0) is 12.8 Å². The van der Waals surface area contributed by atoms with Gasteiger partial charge in [0.05, 0.1) is 5.69 Å². The van der Waals surface area contributed by atoms with Crippen molar-refractivity contribution in [1.29, 1.82) is 0 Å². The molecule has 0 aliphatic heterocycles. The number of fused-ring (bicyclic) bond motifs is 1. The highest BCUT2D eigenvalue weighted by Crippen LogP contribution is 2.33. The molecule has 24 heavy (non-hydrogen) atoms. The van der Waals surface area contributed by atoms with Crippen molar-refractivity contribution in [2.75, 3.05) is 5.32 Å². The Kier molecular flexibility index (Phi) is 4.17. The largest absolute Gasteiger partial charge is 0.457 e. The molecule has 4 nitrogen and oxygen atoms in total. The van der Waals surface area contributed by atoms with Gasteiger partial charge in [0.1, 0.15) is 17.3 Å². The van der Waals surface area contributed by atoms with Gasteiger partial charge >= 0.3 is 0 Å². The lowest BCUT2D eigenvalue weighted by Gasteiger charge is -2.19. The highest BCUT2D eigenvalue weighted by Gasteiger charge is 2.14. The standard InChI is InChI=1S/C19H19N3OS/c1-13-12-24-19(21-13)22-18-11-15(9-10-20-18)23-17-8-4-6-14-5-2-3-7-16(14)17/h4,6,8-12H,2-3,5,7H2,1H3,(H,20,21,22). The topological polar surface area (TPSA) is 47.0 Å². The third-order valence-electron chi connectivity index (χ3n) is 4.17. The lowest BCUT2D eigenvalue weighted by Crippen LogP contribution is -2.04. The van der Waals surface area contributed by atoms with Crippen molar-refractivity contribution in [2.45, 2.75) is 32.6 Å². The first-order valence-electron chi connectivity index (χ1n) is 8.22. The number of hydrogen-bond donors (Lipinski definition) is 1. The van der Waals surface area contributed by atoms with Gasteiger partial charge in [0.25, 0.3) is 0 Å². The summed E-state index contributed by atoms with van der Waals surface area (Å²) >= 11 is 1.57. The van der Waals surface area contributed by atoms with Crippen molar-refractivity contribution in [1.82, 2.24) is 9.97 Å². The molecular formula is C19H19N3OS. The molecule has 0 atom stereocenters. The summed E-state index contributed by atoms with van der Waals surface area (Å²) < 4.78 is 6.16. The van der Waals surface area contributed by atoms with Crippen molar-refractivity contribution in [3.05, 3.63) is 58.7 Å². The Labute approximate surface area is 145 Å². The van der Waals surface area contributed by atoms with E-state index in [0.717, 1.165) is 41.0 Å². The number of thiazole rings is 1. The molecule has 0 radical (unpaired) electrons. The number of nitrogens with zero attached hydrogens (tertiary/aromatic N) is 2. The zero-order valence-electron chi connectivity index (χ0n) is 13.6. The summed E-state index contributed by atoms with van der Waals surface area (Å²) in [7, 11) is 0. The van der Waals surface area contributed by atoms with Crippen LogP contribution < -0.4 is 10.1 Å². The average Bonchev–Trinajstić information content (AvgIpc) is 3.00. The first kappa shape index (κ1) is 15.1. The number of benzene rings is 1. The van der Waals surface area contributed by atoms with Crippen molar-refractivity contribution in [3.8, 4) is 11.5 Å². The summed E-state index contributed by atoms with van der Waals surface area (Å²) in [5.74, 6) is 2.50. The van der Waals surface area contributed by atoms with Crippen LogP contribution >= 0.6 is 11.3 Å². The van der Waals surface area contributed by atoms with Gasteiger partial charge in [-0.05, 0) is 55.9 Å². The molecular weight excluding hydrogens is 318 g/mol. The summed E-state index contributed by atoms with van der Waals surface area (Å²) in [4.78, 5) is 8.75. The fourth-order valence-electron chi connectivity index (χ4n) is 3.03. The second kappa shape index (κ2) is 6.61. The Morgan fingerprint density at radius 2 is 2.08 bits per heavy atom. The lowest BCUT2D eigenvalue weighted by molar-refractivity contribution is 0.470. The number of aromatic nitrogens is 2. The van der Waals surface area contributed by atoms with Crippen LogP contribution in [0.1, 0.15) is 29.7 Å². The molecule has 1 aliphatic rings. The van der Waals surface area contributed by atoms with E-state index in [0.29, 0.717) is 0 Å². The van der Waals surface area contributed by atoms with E-state index >= 15 is 0 Å². The minimum Gasteiger partial charge on any atom is -0.457 e. The molecule has 0 saturated heterocycles. The number of pyridine rings is 1. The first-order chi connectivity index (χ1) is 11.8. The van der Waals surface area contributed by atoms with Gasteiger partial charge in [-0.15, -0.1) is 11.3 Å². The van der Waals surface area contributed by atoms with Gasteiger partial charge in [-0.25, -0.2) is 9.97 Å². The zero-order chi connectivity index (χ0) is 16.4. The molecule has 1 N–H and O–H groups in total. The maximum atomic E-state index is 6.16. The predicted molar refractivity (Wildman–Crippen MR) is 97.5 cm³/mol. The van der Waals surface area contributed by atoms with E-state index in [1.54, 1.807) is 17.5 Å². The lowest BCUT2D eigenvalue weighted by atomic mass is 9.91. The molecule has 122 valence electrons. The molecule has 0 unspecified atom stereocenters. The van der Waals surface area contributed by atoms with Crippen LogP contribution in [0.3, 0.4) is 0 Å².